The number of sulfonamides is 1. The normalized spacial score (nSPS) is 11.8. The lowest BCUT2D eigenvalue weighted by molar-refractivity contribution is 0.466. The average molecular weight is 359 g/mol. The first-order chi connectivity index (χ1) is 11.9. The Bertz CT molecular complexity index is 938. The first kappa shape index (κ1) is 17.3. The maximum atomic E-state index is 12.9. The Balaban J connectivity index is 1.70. The molecule has 7 heteroatoms. The fraction of sp³-hybridized carbons (Fsp3) is 0.167. The Morgan fingerprint density at radius 3 is 2.40 bits per heavy atom. The van der Waals surface area contributed by atoms with E-state index in [0.717, 1.165) is 11.3 Å². The summed E-state index contributed by atoms with van der Waals surface area (Å²) in [5.74, 6) is -0.556. The number of hydrogen-bond acceptors (Lipinski definition) is 3. The molecule has 25 heavy (non-hydrogen) atoms. The van der Waals surface area contributed by atoms with Crippen molar-refractivity contribution in [3.05, 3.63) is 83.9 Å². The van der Waals surface area contributed by atoms with Crippen molar-refractivity contribution in [1.29, 1.82) is 0 Å². The number of hydrogen-bond donors (Lipinski definition) is 0. The van der Waals surface area contributed by atoms with Crippen molar-refractivity contribution in [3.63, 3.8) is 0 Å². The molecular formula is C18H18FN3O2S. The number of aromatic nitrogens is 2. The number of para-hydroxylation sites is 1. The molecule has 0 unspecified atom stereocenters. The van der Waals surface area contributed by atoms with Crippen LogP contribution in [0.15, 0.2) is 67.0 Å². The van der Waals surface area contributed by atoms with Crippen molar-refractivity contribution in [1.82, 2.24) is 14.1 Å². The molecule has 0 radical (unpaired) electrons. The quantitative estimate of drug-likeness (QED) is 0.680. The van der Waals surface area contributed by atoms with E-state index < -0.39 is 10.0 Å². The minimum absolute atomic E-state index is 0.170. The molecule has 1 heterocycles. The molecule has 0 fully saturated rings. The first-order valence-corrected chi connectivity index (χ1v) is 9.32. The van der Waals surface area contributed by atoms with Gasteiger partial charge >= 0.3 is 0 Å². The molecule has 0 saturated carbocycles. The van der Waals surface area contributed by atoms with Crippen LogP contribution in [0.25, 0.3) is 5.69 Å². The summed E-state index contributed by atoms with van der Waals surface area (Å²) in [4.78, 5) is 0. The number of halogens is 1. The molecule has 0 aliphatic carbocycles. The Morgan fingerprint density at radius 1 is 1.04 bits per heavy atom. The maximum Gasteiger partial charge on any atom is 0.218 e. The van der Waals surface area contributed by atoms with Crippen LogP contribution in [0, 0.1) is 5.82 Å². The summed E-state index contributed by atoms with van der Waals surface area (Å²) in [6.07, 6.45) is 3.45. The van der Waals surface area contributed by atoms with Crippen LogP contribution in [0.1, 0.15) is 11.1 Å². The van der Waals surface area contributed by atoms with E-state index in [9.17, 15) is 12.8 Å². The van der Waals surface area contributed by atoms with E-state index in [4.69, 9.17) is 0 Å². The summed E-state index contributed by atoms with van der Waals surface area (Å²) in [7, 11) is -1.98. The van der Waals surface area contributed by atoms with E-state index in [1.54, 1.807) is 17.1 Å². The van der Waals surface area contributed by atoms with Crippen molar-refractivity contribution in [3.8, 4) is 5.69 Å². The predicted octanol–water partition coefficient (Wildman–Crippen LogP) is 2.97. The van der Waals surface area contributed by atoms with E-state index in [1.165, 1.54) is 35.6 Å². The topological polar surface area (TPSA) is 55.2 Å². The minimum Gasteiger partial charge on any atom is -0.241 e. The van der Waals surface area contributed by atoms with Crippen molar-refractivity contribution in [2.45, 2.75) is 12.3 Å². The van der Waals surface area contributed by atoms with Crippen LogP contribution in [0.5, 0.6) is 0 Å². The fourth-order valence-electron chi connectivity index (χ4n) is 2.42. The summed E-state index contributed by atoms with van der Waals surface area (Å²) >= 11 is 0. The van der Waals surface area contributed by atoms with Gasteiger partial charge in [-0.1, -0.05) is 30.3 Å². The second-order valence-electron chi connectivity index (χ2n) is 5.77. The molecular weight excluding hydrogens is 341 g/mol. The Morgan fingerprint density at radius 2 is 1.72 bits per heavy atom. The van der Waals surface area contributed by atoms with Crippen LogP contribution < -0.4 is 0 Å². The molecule has 3 aromatic rings. The zero-order chi connectivity index (χ0) is 17.9. The van der Waals surface area contributed by atoms with Gasteiger partial charge in [0, 0.05) is 25.4 Å². The Hall–Kier alpha value is -2.51. The second-order valence-corrected chi connectivity index (χ2v) is 7.84. The summed E-state index contributed by atoms with van der Waals surface area (Å²) in [5, 5.41) is 4.27. The third-order valence-electron chi connectivity index (χ3n) is 3.80. The van der Waals surface area contributed by atoms with Crippen LogP contribution >= 0.6 is 0 Å². The monoisotopic (exact) mass is 359 g/mol. The number of nitrogens with zero attached hydrogens (tertiary/aromatic N) is 3. The summed E-state index contributed by atoms with van der Waals surface area (Å²) < 4.78 is 40.9. The van der Waals surface area contributed by atoms with E-state index in [-0.39, 0.29) is 18.1 Å². The molecule has 0 bridgehead atoms. The zero-order valence-electron chi connectivity index (χ0n) is 13.7. The largest absolute Gasteiger partial charge is 0.241 e. The highest BCUT2D eigenvalue weighted by molar-refractivity contribution is 7.88. The number of rotatable bonds is 6. The van der Waals surface area contributed by atoms with Crippen molar-refractivity contribution in [2.75, 3.05) is 7.05 Å². The van der Waals surface area contributed by atoms with Crippen LogP contribution in [0.3, 0.4) is 0 Å². The molecule has 130 valence electrons. The standard InChI is InChI=1S/C18H18FN3O2S/c1-21(25(23,24)14-15-7-9-17(19)10-8-15)12-16-11-20-22(13-16)18-5-3-2-4-6-18/h2-11,13H,12,14H2,1H3. The minimum atomic E-state index is -3.51. The highest BCUT2D eigenvalue weighted by Gasteiger charge is 2.19. The average Bonchev–Trinajstić information content (AvgIpc) is 3.06. The van der Waals surface area contributed by atoms with E-state index in [0.29, 0.717) is 5.56 Å². The van der Waals surface area contributed by atoms with E-state index >= 15 is 0 Å². The van der Waals surface area contributed by atoms with E-state index in [1.807, 2.05) is 30.3 Å². The zero-order valence-corrected chi connectivity index (χ0v) is 14.5. The molecule has 0 atom stereocenters. The molecule has 3 rings (SSSR count). The molecule has 0 N–H and O–H groups in total. The molecule has 5 nitrogen and oxygen atoms in total. The molecule has 0 amide bonds. The summed E-state index contributed by atoms with van der Waals surface area (Å²) in [6.45, 7) is 0.219. The fourth-order valence-corrected chi connectivity index (χ4v) is 3.60. The SMILES string of the molecule is CN(Cc1cnn(-c2ccccc2)c1)S(=O)(=O)Cc1ccc(F)cc1. The molecule has 1 aromatic heterocycles. The van der Waals surface area contributed by atoms with Gasteiger partial charge in [0.15, 0.2) is 0 Å². The van der Waals surface area contributed by atoms with Gasteiger partial charge in [-0.15, -0.1) is 0 Å². The van der Waals surface area contributed by atoms with E-state index in [2.05, 4.69) is 5.10 Å². The van der Waals surface area contributed by atoms with Crippen molar-refractivity contribution < 1.29 is 12.8 Å². The highest BCUT2D eigenvalue weighted by atomic mass is 32.2. The van der Waals surface area contributed by atoms with Crippen LogP contribution in [-0.2, 0) is 22.3 Å². The third kappa shape index (κ3) is 4.32. The first-order valence-electron chi connectivity index (χ1n) is 7.71. The lowest BCUT2D eigenvalue weighted by Crippen LogP contribution is -2.27. The lowest BCUT2D eigenvalue weighted by Gasteiger charge is -2.16. The van der Waals surface area contributed by atoms with Gasteiger partial charge in [0.1, 0.15) is 5.82 Å². The van der Waals surface area contributed by atoms with Gasteiger partial charge in [0.2, 0.25) is 10.0 Å². The maximum absolute atomic E-state index is 12.9. The molecule has 0 aliphatic rings. The smallest absolute Gasteiger partial charge is 0.218 e. The third-order valence-corrected chi connectivity index (χ3v) is 5.58. The van der Waals surface area contributed by atoms with Gasteiger partial charge < -0.3 is 0 Å². The second kappa shape index (κ2) is 7.16. The Labute approximate surface area is 146 Å². The van der Waals surface area contributed by atoms with Gasteiger partial charge in [0.05, 0.1) is 17.6 Å². The van der Waals surface area contributed by atoms with Crippen molar-refractivity contribution >= 4 is 10.0 Å². The summed E-state index contributed by atoms with van der Waals surface area (Å²) in [5.41, 5.74) is 2.24. The van der Waals surface area contributed by atoms with Crippen LogP contribution in [0.2, 0.25) is 0 Å². The molecule has 0 spiro atoms. The highest BCUT2D eigenvalue weighted by Crippen LogP contribution is 2.14. The van der Waals surface area contributed by atoms with Gasteiger partial charge in [-0.25, -0.2) is 21.8 Å². The van der Waals surface area contributed by atoms with Gasteiger partial charge in [-0.2, -0.15) is 5.10 Å². The molecule has 0 saturated heterocycles. The lowest BCUT2D eigenvalue weighted by atomic mass is 10.2. The van der Waals surface area contributed by atoms with Crippen LogP contribution in [0.4, 0.5) is 4.39 Å². The molecule has 2 aromatic carbocycles. The summed E-state index contributed by atoms with van der Waals surface area (Å²) in [6, 6.07) is 15.1. The van der Waals surface area contributed by atoms with Gasteiger partial charge in [-0.05, 0) is 29.8 Å². The Kier molecular flexibility index (Phi) is 4.96. The molecule has 0 aliphatic heterocycles. The van der Waals surface area contributed by atoms with Gasteiger partial charge in [-0.3, -0.25) is 0 Å². The van der Waals surface area contributed by atoms with Crippen LogP contribution in [-0.4, -0.2) is 29.6 Å². The van der Waals surface area contributed by atoms with Gasteiger partial charge in [0.25, 0.3) is 0 Å². The number of benzene rings is 2. The van der Waals surface area contributed by atoms with Crippen molar-refractivity contribution in [2.24, 2.45) is 0 Å². The predicted molar refractivity (Wildman–Crippen MR) is 94.1 cm³/mol.